The molecule has 0 aromatic carbocycles. The van der Waals surface area contributed by atoms with Crippen LogP contribution in [0.1, 0.15) is 26.7 Å². The lowest BCUT2D eigenvalue weighted by Gasteiger charge is -2.37. The molecule has 2 aliphatic carbocycles. The molecule has 2 fully saturated rings. The Balaban J connectivity index is 0.00000144. The van der Waals surface area contributed by atoms with E-state index in [0.29, 0.717) is 6.42 Å². The molecule has 0 radical (unpaired) electrons. The van der Waals surface area contributed by atoms with Crippen molar-refractivity contribution in [1.82, 2.24) is 6.15 Å². The van der Waals surface area contributed by atoms with Crippen molar-refractivity contribution in [1.29, 1.82) is 0 Å². The Morgan fingerprint density at radius 3 is 2.35 bits per heavy atom. The molecule has 2 saturated carbocycles. The number of rotatable bonds is 2. The molecule has 2 rings (SSSR count). The van der Waals surface area contributed by atoms with Crippen molar-refractivity contribution < 1.29 is 17.8 Å². The summed E-state index contributed by atoms with van der Waals surface area (Å²) in [6.07, 6.45) is 1.49. The number of fused-ring (bicyclic) bond motifs is 2. The Morgan fingerprint density at radius 2 is 2.00 bits per heavy atom. The molecule has 5 nitrogen and oxygen atoms in total. The lowest BCUT2D eigenvalue weighted by molar-refractivity contribution is -0.127. The number of carbonyl (C=O) groups is 1. The summed E-state index contributed by atoms with van der Waals surface area (Å²) >= 11 is 3.33. The van der Waals surface area contributed by atoms with Gasteiger partial charge in [0.05, 0.1) is 14.9 Å². The predicted octanol–water partition coefficient (Wildman–Crippen LogP) is 1.68. The van der Waals surface area contributed by atoms with E-state index in [1.165, 1.54) is 0 Å². The minimum Gasteiger partial charge on any atom is -0.748 e. The third kappa shape index (κ3) is 1.87. The van der Waals surface area contributed by atoms with Gasteiger partial charge in [0.15, 0.2) is 5.78 Å². The Labute approximate surface area is 110 Å². The SMILES string of the molecule is C[C@]1(CS(=O)(=O)[O-])C2CC[C@]1(C)C(=O)C2Br.[NH4+]. The maximum Gasteiger partial charge on any atom is 0.153 e. The molecular formula is C10H18BrNO4S. The summed E-state index contributed by atoms with van der Waals surface area (Å²) < 4.78 is 33.0. The van der Waals surface area contributed by atoms with Crippen molar-refractivity contribution >= 4 is 31.8 Å². The molecule has 4 N–H and O–H groups in total. The summed E-state index contributed by atoms with van der Waals surface area (Å²) in [6, 6.07) is 0. The van der Waals surface area contributed by atoms with E-state index in [0.717, 1.165) is 6.42 Å². The van der Waals surface area contributed by atoms with Crippen LogP contribution < -0.4 is 6.15 Å². The van der Waals surface area contributed by atoms with Crippen LogP contribution in [0.15, 0.2) is 0 Å². The monoisotopic (exact) mass is 327 g/mol. The highest BCUT2D eigenvalue weighted by atomic mass is 79.9. The number of ketones is 1. The summed E-state index contributed by atoms with van der Waals surface area (Å²) in [4.78, 5) is 11.8. The minimum atomic E-state index is -4.30. The first kappa shape index (κ1) is 15.1. The number of carbonyl (C=O) groups excluding carboxylic acids is 1. The molecule has 0 saturated heterocycles. The fraction of sp³-hybridized carbons (Fsp3) is 0.900. The smallest absolute Gasteiger partial charge is 0.153 e. The average Bonchev–Trinajstić information content (AvgIpc) is 2.40. The molecule has 7 heteroatoms. The topological polar surface area (TPSA) is 111 Å². The Kier molecular flexibility index (Phi) is 3.56. The number of alkyl halides is 1. The van der Waals surface area contributed by atoms with Gasteiger partial charge in [-0.15, -0.1) is 0 Å². The molecule has 0 aliphatic heterocycles. The third-order valence-corrected chi connectivity index (χ3v) is 6.67. The normalized spacial score (nSPS) is 44.8. The van der Waals surface area contributed by atoms with Crippen LogP contribution >= 0.6 is 15.9 Å². The van der Waals surface area contributed by atoms with Crippen molar-refractivity contribution in [3.63, 3.8) is 0 Å². The van der Waals surface area contributed by atoms with E-state index in [4.69, 9.17) is 0 Å². The van der Waals surface area contributed by atoms with E-state index in [-0.39, 0.29) is 22.7 Å². The van der Waals surface area contributed by atoms with Crippen LogP contribution in [-0.2, 0) is 14.9 Å². The van der Waals surface area contributed by atoms with Gasteiger partial charge in [0.1, 0.15) is 0 Å². The fourth-order valence-electron chi connectivity index (χ4n) is 3.45. The van der Waals surface area contributed by atoms with Crippen LogP contribution in [0.2, 0.25) is 0 Å². The van der Waals surface area contributed by atoms with Crippen LogP contribution in [0.25, 0.3) is 0 Å². The van der Waals surface area contributed by atoms with Gasteiger partial charge in [0.2, 0.25) is 0 Å². The van der Waals surface area contributed by atoms with Crippen LogP contribution in [0.3, 0.4) is 0 Å². The van der Waals surface area contributed by atoms with Crippen LogP contribution in [0.5, 0.6) is 0 Å². The largest absolute Gasteiger partial charge is 0.748 e. The van der Waals surface area contributed by atoms with Crippen LogP contribution in [0.4, 0.5) is 0 Å². The highest BCUT2D eigenvalue weighted by Crippen LogP contribution is 2.65. The van der Waals surface area contributed by atoms with E-state index in [2.05, 4.69) is 15.9 Å². The van der Waals surface area contributed by atoms with E-state index in [1.807, 2.05) is 0 Å². The van der Waals surface area contributed by atoms with Crippen molar-refractivity contribution in [2.24, 2.45) is 16.7 Å². The maximum absolute atomic E-state index is 12.0. The maximum atomic E-state index is 12.0. The molecule has 4 atom stereocenters. The molecule has 100 valence electrons. The Morgan fingerprint density at radius 1 is 1.47 bits per heavy atom. The van der Waals surface area contributed by atoms with Crippen molar-refractivity contribution in [3.05, 3.63) is 0 Å². The molecule has 17 heavy (non-hydrogen) atoms. The van der Waals surface area contributed by atoms with Crippen molar-refractivity contribution in [2.45, 2.75) is 31.5 Å². The fourth-order valence-corrected chi connectivity index (χ4v) is 6.07. The van der Waals surface area contributed by atoms with Gasteiger partial charge in [-0.1, -0.05) is 29.8 Å². The molecule has 0 aromatic heterocycles. The average molecular weight is 328 g/mol. The van der Waals surface area contributed by atoms with Crippen LogP contribution in [0, 0.1) is 16.7 Å². The van der Waals surface area contributed by atoms with E-state index in [9.17, 15) is 17.8 Å². The van der Waals surface area contributed by atoms with Gasteiger partial charge >= 0.3 is 0 Å². The van der Waals surface area contributed by atoms with E-state index >= 15 is 0 Å². The van der Waals surface area contributed by atoms with Gasteiger partial charge in [-0.3, -0.25) is 4.79 Å². The van der Waals surface area contributed by atoms with E-state index < -0.39 is 26.7 Å². The molecule has 0 spiro atoms. The summed E-state index contributed by atoms with van der Waals surface area (Å²) in [5.74, 6) is -0.418. The Hall–Kier alpha value is 0.0200. The van der Waals surface area contributed by atoms with Gasteiger partial charge in [-0.25, -0.2) is 8.42 Å². The standard InChI is InChI=1S/C10H15BrO4S.H3N/c1-9-4-3-6(7(11)8(9)12)10(9,2)5-16(13,14)15;/h6-7H,3-5H2,1-2H3,(H,13,14,15);1H3/t6?,7?,9-,10+;/m1./s1. The van der Waals surface area contributed by atoms with Gasteiger partial charge in [0.25, 0.3) is 0 Å². The molecular weight excluding hydrogens is 310 g/mol. The highest BCUT2D eigenvalue weighted by Gasteiger charge is 2.68. The number of Topliss-reactive ketones (excluding diaryl/α,β-unsaturated/α-hetero) is 1. The van der Waals surface area contributed by atoms with Gasteiger partial charge < -0.3 is 10.7 Å². The molecule has 2 aliphatic rings. The first-order chi connectivity index (χ1) is 7.12. The second-order valence-corrected chi connectivity index (χ2v) is 7.75. The zero-order valence-electron chi connectivity index (χ0n) is 10.2. The lowest BCUT2D eigenvalue weighted by Crippen LogP contribution is -2.40. The minimum absolute atomic E-state index is 0. The summed E-state index contributed by atoms with van der Waals surface area (Å²) in [5, 5.41) is 0. The first-order valence-electron chi connectivity index (χ1n) is 5.24. The zero-order valence-corrected chi connectivity index (χ0v) is 12.6. The summed E-state index contributed by atoms with van der Waals surface area (Å²) in [7, 11) is -4.30. The van der Waals surface area contributed by atoms with Gasteiger partial charge in [-0.05, 0) is 24.2 Å². The van der Waals surface area contributed by atoms with Crippen LogP contribution in [-0.4, -0.2) is 29.3 Å². The lowest BCUT2D eigenvalue weighted by atomic mass is 9.70. The quantitative estimate of drug-likeness (QED) is 0.614. The summed E-state index contributed by atoms with van der Waals surface area (Å²) in [6.45, 7) is 3.56. The van der Waals surface area contributed by atoms with Crippen molar-refractivity contribution in [3.8, 4) is 0 Å². The highest BCUT2D eigenvalue weighted by molar-refractivity contribution is 9.10. The van der Waals surface area contributed by atoms with Crippen molar-refractivity contribution in [2.75, 3.05) is 5.75 Å². The third-order valence-electron chi connectivity index (χ3n) is 4.66. The molecule has 0 heterocycles. The number of halogens is 1. The number of hydrogen-bond acceptors (Lipinski definition) is 4. The second-order valence-electron chi connectivity index (χ2n) is 5.36. The van der Waals surface area contributed by atoms with Gasteiger partial charge in [0, 0.05) is 11.2 Å². The second kappa shape index (κ2) is 4.01. The zero-order chi connectivity index (χ0) is 12.4. The molecule has 2 unspecified atom stereocenters. The summed E-state index contributed by atoms with van der Waals surface area (Å²) in [5.41, 5.74) is -1.37. The first-order valence-corrected chi connectivity index (χ1v) is 7.73. The molecule has 2 bridgehead atoms. The predicted molar refractivity (Wildman–Crippen MR) is 67.2 cm³/mol. The molecule has 0 amide bonds. The molecule has 0 aromatic rings. The van der Waals surface area contributed by atoms with Gasteiger partial charge in [-0.2, -0.15) is 0 Å². The van der Waals surface area contributed by atoms with E-state index in [1.54, 1.807) is 13.8 Å². The number of hydrogen-bond donors (Lipinski definition) is 1. The number of quaternary nitrogens is 1. The Bertz CT molecular complexity index is 451.